The summed E-state index contributed by atoms with van der Waals surface area (Å²) in [4.78, 5) is 3.50. The van der Waals surface area contributed by atoms with E-state index in [9.17, 15) is 0 Å². The molecule has 0 fully saturated rings. The van der Waals surface area contributed by atoms with E-state index in [2.05, 4.69) is 74.1 Å². The topological polar surface area (TPSA) is 46.7 Å². The van der Waals surface area contributed by atoms with Gasteiger partial charge in [0.15, 0.2) is 0 Å². The maximum atomic E-state index is 5.76. The second-order valence-electron chi connectivity index (χ2n) is 5.47. The van der Waals surface area contributed by atoms with E-state index in [-0.39, 0.29) is 0 Å². The van der Waals surface area contributed by atoms with E-state index in [1.807, 2.05) is 6.07 Å². The van der Waals surface area contributed by atoms with E-state index in [0.717, 1.165) is 22.2 Å². The molecule has 2 heterocycles. The van der Waals surface area contributed by atoms with Gasteiger partial charge in [-0.3, -0.25) is 0 Å². The Balaban J connectivity index is 1.98. The summed E-state index contributed by atoms with van der Waals surface area (Å²) in [5.41, 5.74) is 9.38. The Morgan fingerprint density at radius 3 is 2.77 bits per heavy atom. The Labute approximate surface area is 136 Å². The zero-order chi connectivity index (χ0) is 15.1. The number of aromatic nitrogens is 2. The number of aromatic amines is 1. The first-order valence-corrected chi connectivity index (χ1v) is 8.13. The maximum absolute atomic E-state index is 5.76. The van der Waals surface area contributed by atoms with E-state index in [4.69, 9.17) is 5.73 Å². The van der Waals surface area contributed by atoms with Crippen molar-refractivity contribution in [2.24, 2.45) is 5.73 Å². The van der Waals surface area contributed by atoms with Gasteiger partial charge in [0.25, 0.3) is 0 Å². The Bertz CT molecular complexity index is 932. The van der Waals surface area contributed by atoms with Crippen LogP contribution in [0.2, 0.25) is 0 Å². The molecule has 0 amide bonds. The van der Waals surface area contributed by atoms with Gasteiger partial charge < -0.3 is 15.3 Å². The van der Waals surface area contributed by atoms with Crippen molar-refractivity contribution < 1.29 is 0 Å². The Kier molecular flexibility index (Phi) is 3.28. The molecule has 22 heavy (non-hydrogen) atoms. The quantitative estimate of drug-likeness (QED) is 0.564. The molecule has 4 heteroatoms. The summed E-state index contributed by atoms with van der Waals surface area (Å²) in [5.74, 6) is 1.08. The van der Waals surface area contributed by atoms with Crippen molar-refractivity contribution >= 4 is 37.7 Å². The standard InChI is InChI=1S/C18H16BrN3/c19-14-5-6-15-13(7-8-20)11-22(17(15)10-14)18-9-12-3-1-2-4-16(12)21-18/h1-6,9-11,21H,7-8,20H2. The first kappa shape index (κ1) is 13.6. The summed E-state index contributed by atoms with van der Waals surface area (Å²) < 4.78 is 3.29. The number of nitrogens with one attached hydrogen (secondary N) is 1. The molecule has 0 unspecified atom stereocenters. The highest BCUT2D eigenvalue weighted by atomic mass is 79.9. The smallest absolute Gasteiger partial charge is 0.115 e. The summed E-state index contributed by atoms with van der Waals surface area (Å²) in [6.07, 6.45) is 3.07. The van der Waals surface area contributed by atoms with Crippen molar-refractivity contribution in [3.05, 3.63) is 64.8 Å². The third-order valence-electron chi connectivity index (χ3n) is 4.04. The minimum atomic E-state index is 0.655. The van der Waals surface area contributed by atoms with Crippen LogP contribution in [0.1, 0.15) is 5.56 Å². The molecule has 0 saturated carbocycles. The van der Waals surface area contributed by atoms with Crippen LogP contribution >= 0.6 is 15.9 Å². The molecule has 2 aromatic heterocycles. The zero-order valence-corrected chi connectivity index (χ0v) is 13.6. The molecule has 2 aromatic carbocycles. The molecule has 4 aromatic rings. The Hall–Kier alpha value is -2.04. The molecule has 3 nitrogen and oxygen atoms in total. The first-order valence-electron chi connectivity index (χ1n) is 7.34. The normalized spacial score (nSPS) is 11.5. The van der Waals surface area contributed by atoms with Crippen molar-refractivity contribution in [3.63, 3.8) is 0 Å². The number of hydrogen-bond donors (Lipinski definition) is 2. The minimum absolute atomic E-state index is 0.655. The molecule has 0 aliphatic heterocycles. The number of rotatable bonds is 3. The summed E-state index contributed by atoms with van der Waals surface area (Å²) in [7, 11) is 0. The molecule has 4 rings (SSSR count). The van der Waals surface area contributed by atoms with Crippen molar-refractivity contribution in [2.75, 3.05) is 6.54 Å². The van der Waals surface area contributed by atoms with Crippen molar-refractivity contribution in [1.82, 2.24) is 9.55 Å². The molecule has 0 aliphatic rings. The SMILES string of the molecule is NCCc1cn(-c2cc3ccccc3[nH]2)c2cc(Br)ccc12. The summed E-state index contributed by atoms with van der Waals surface area (Å²) in [6, 6.07) is 16.9. The average molecular weight is 354 g/mol. The van der Waals surface area contributed by atoms with Gasteiger partial charge >= 0.3 is 0 Å². The van der Waals surface area contributed by atoms with Crippen molar-refractivity contribution in [1.29, 1.82) is 0 Å². The number of nitrogens with two attached hydrogens (primary N) is 1. The number of benzene rings is 2. The van der Waals surface area contributed by atoms with Crippen molar-refractivity contribution in [2.45, 2.75) is 6.42 Å². The van der Waals surface area contributed by atoms with Crippen LogP contribution in [0.25, 0.3) is 27.6 Å². The average Bonchev–Trinajstić information content (AvgIpc) is 3.09. The van der Waals surface area contributed by atoms with E-state index >= 15 is 0 Å². The fourth-order valence-electron chi connectivity index (χ4n) is 3.01. The van der Waals surface area contributed by atoms with Crippen LogP contribution in [0.3, 0.4) is 0 Å². The third-order valence-corrected chi connectivity index (χ3v) is 4.53. The van der Waals surface area contributed by atoms with Gasteiger partial charge in [0.05, 0.1) is 5.52 Å². The lowest BCUT2D eigenvalue weighted by Gasteiger charge is -2.02. The largest absolute Gasteiger partial charge is 0.341 e. The molecule has 0 bridgehead atoms. The minimum Gasteiger partial charge on any atom is -0.341 e. The van der Waals surface area contributed by atoms with Crippen LogP contribution in [-0.4, -0.2) is 16.1 Å². The van der Waals surface area contributed by atoms with Crippen LogP contribution in [-0.2, 0) is 6.42 Å². The Morgan fingerprint density at radius 2 is 1.95 bits per heavy atom. The lowest BCUT2D eigenvalue weighted by atomic mass is 10.1. The second kappa shape index (κ2) is 5.30. The van der Waals surface area contributed by atoms with Gasteiger partial charge in [0, 0.05) is 27.0 Å². The number of fused-ring (bicyclic) bond motifs is 2. The number of halogens is 1. The molecule has 0 radical (unpaired) electrons. The first-order chi connectivity index (χ1) is 10.8. The molecular formula is C18H16BrN3. The van der Waals surface area contributed by atoms with Gasteiger partial charge in [0.1, 0.15) is 5.82 Å². The van der Waals surface area contributed by atoms with Gasteiger partial charge in [-0.2, -0.15) is 0 Å². The predicted molar refractivity (Wildman–Crippen MR) is 95.6 cm³/mol. The van der Waals surface area contributed by atoms with Crippen LogP contribution in [0.5, 0.6) is 0 Å². The van der Waals surface area contributed by atoms with E-state index in [1.165, 1.54) is 21.9 Å². The van der Waals surface area contributed by atoms with E-state index in [1.54, 1.807) is 0 Å². The van der Waals surface area contributed by atoms with Gasteiger partial charge in [-0.15, -0.1) is 0 Å². The highest BCUT2D eigenvalue weighted by molar-refractivity contribution is 9.10. The van der Waals surface area contributed by atoms with Gasteiger partial charge in [-0.1, -0.05) is 40.2 Å². The molecule has 3 N–H and O–H groups in total. The maximum Gasteiger partial charge on any atom is 0.115 e. The molecule has 110 valence electrons. The third kappa shape index (κ3) is 2.16. The highest BCUT2D eigenvalue weighted by Gasteiger charge is 2.11. The monoisotopic (exact) mass is 353 g/mol. The molecule has 0 atom stereocenters. The molecular weight excluding hydrogens is 338 g/mol. The lowest BCUT2D eigenvalue weighted by molar-refractivity contribution is 0.963. The van der Waals surface area contributed by atoms with Gasteiger partial charge in [-0.25, -0.2) is 0 Å². The fraction of sp³-hybridized carbons (Fsp3) is 0.111. The highest BCUT2D eigenvalue weighted by Crippen LogP contribution is 2.29. The van der Waals surface area contributed by atoms with Crippen LogP contribution < -0.4 is 5.73 Å². The second-order valence-corrected chi connectivity index (χ2v) is 6.38. The van der Waals surface area contributed by atoms with Crippen LogP contribution in [0, 0.1) is 0 Å². The predicted octanol–water partition coefficient (Wildman–Crippen LogP) is 4.38. The fourth-order valence-corrected chi connectivity index (χ4v) is 3.36. The van der Waals surface area contributed by atoms with Crippen molar-refractivity contribution in [3.8, 4) is 5.82 Å². The van der Waals surface area contributed by atoms with Crippen LogP contribution in [0.15, 0.2) is 59.2 Å². The molecule has 0 spiro atoms. The summed E-state index contributed by atoms with van der Waals surface area (Å²) in [5, 5.41) is 2.47. The van der Waals surface area contributed by atoms with E-state index < -0.39 is 0 Å². The summed E-state index contributed by atoms with van der Waals surface area (Å²) >= 11 is 3.57. The van der Waals surface area contributed by atoms with E-state index in [0.29, 0.717) is 6.54 Å². The number of hydrogen-bond acceptors (Lipinski definition) is 1. The number of nitrogens with zero attached hydrogens (tertiary/aromatic N) is 1. The Morgan fingerprint density at radius 1 is 1.09 bits per heavy atom. The molecule has 0 aliphatic carbocycles. The number of H-pyrrole nitrogens is 1. The van der Waals surface area contributed by atoms with Crippen LogP contribution in [0.4, 0.5) is 0 Å². The zero-order valence-electron chi connectivity index (χ0n) is 12.0. The lowest BCUT2D eigenvalue weighted by Crippen LogP contribution is -2.02. The van der Waals surface area contributed by atoms with Gasteiger partial charge in [0.2, 0.25) is 0 Å². The number of para-hydroxylation sites is 1. The summed E-state index contributed by atoms with van der Waals surface area (Å²) in [6.45, 7) is 0.655. The molecule has 0 saturated heterocycles. The van der Waals surface area contributed by atoms with Gasteiger partial charge in [-0.05, 0) is 42.8 Å².